The lowest BCUT2D eigenvalue weighted by atomic mass is 10.2. The van der Waals surface area contributed by atoms with Gasteiger partial charge in [0.15, 0.2) is 5.65 Å². The van der Waals surface area contributed by atoms with Crippen LogP contribution in [0.15, 0.2) is 84.0 Å². The molecule has 10 nitrogen and oxygen atoms in total. The molecule has 1 saturated heterocycles. The molecule has 0 atom stereocenters. The zero-order valence-electron chi connectivity index (χ0n) is 21.6. The van der Waals surface area contributed by atoms with Crippen LogP contribution in [0.3, 0.4) is 0 Å². The van der Waals surface area contributed by atoms with Crippen LogP contribution in [0.25, 0.3) is 16.9 Å². The second kappa shape index (κ2) is 10.5. The van der Waals surface area contributed by atoms with Gasteiger partial charge in [-0.2, -0.15) is 22.6 Å². The first-order valence-corrected chi connectivity index (χ1v) is 14.4. The number of ether oxygens (including phenoxy) is 1. The van der Waals surface area contributed by atoms with Crippen LogP contribution >= 0.6 is 0 Å². The molecule has 6 rings (SSSR count). The Labute approximate surface area is 226 Å². The van der Waals surface area contributed by atoms with Gasteiger partial charge < -0.3 is 10.1 Å². The van der Waals surface area contributed by atoms with E-state index < -0.39 is 10.0 Å². The van der Waals surface area contributed by atoms with Crippen molar-refractivity contribution in [2.75, 3.05) is 31.6 Å². The molecular formula is C28H29N7O3S. The molecule has 4 heterocycles. The highest BCUT2D eigenvalue weighted by molar-refractivity contribution is 7.89. The lowest BCUT2D eigenvalue weighted by Gasteiger charge is -2.15. The molecule has 0 aliphatic carbocycles. The van der Waals surface area contributed by atoms with Crippen LogP contribution in [-0.4, -0.2) is 63.3 Å². The minimum Gasteiger partial charge on any atom is -0.492 e. The van der Waals surface area contributed by atoms with Crippen molar-refractivity contribution in [2.45, 2.75) is 24.7 Å². The van der Waals surface area contributed by atoms with E-state index in [0.29, 0.717) is 29.5 Å². The molecule has 2 aromatic carbocycles. The Hall–Kier alpha value is -4.22. The molecule has 0 bridgehead atoms. The van der Waals surface area contributed by atoms with E-state index in [1.54, 1.807) is 22.7 Å². The van der Waals surface area contributed by atoms with Gasteiger partial charge in [-0.3, -0.25) is 4.90 Å². The number of hydrogen-bond acceptors (Lipinski definition) is 8. The Balaban J connectivity index is 1.18. The Morgan fingerprint density at radius 2 is 1.79 bits per heavy atom. The molecule has 0 radical (unpaired) electrons. The van der Waals surface area contributed by atoms with Crippen LogP contribution < -0.4 is 10.1 Å². The third-order valence-corrected chi connectivity index (χ3v) is 8.28. The topological polar surface area (TPSA) is 107 Å². The summed E-state index contributed by atoms with van der Waals surface area (Å²) < 4.78 is 34.7. The normalized spacial score (nSPS) is 14.2. The highest BCUT2D eigenvalue weighted by Crippen LogP contribution is 2.24. The summed E-state index contributed by atoms with van der Waals surface area (Å²) >= 11 is 0. The Kier molecular flexibility index (Phi) is 6.76. The van der Waals surface area contributed by atoms with Gasteiger partial charge in [0.2, 0.25) is 5.95 Å². The maximum Gasteiger partial charge on any atom is 0.282 e. The van der Waals surface area contributed by atoms with Crippen LogP contribution in [0.2, 0.25) is 0 Å². The average Bonchev–Trinajstić information content (AvgIpc) is 3.71. The fourth-order valence-electron chi connectivity index (χ4n) is 4.69. The van der Waals surface area contributed by atoms with Gasteiger partial charge in [-0.15, -0.1) is 5.10 Å². The van der Waals surface area contributed by atoms with E-state index in [-0.39, 0.29) is 4.90 Å². The maximum absolute atomic E-state index is 13.1. The quantitative estimate of drug-likeness (QED) is 0.292. The second-order valence-electron chi connectivity index (χ2n) is 9.59. The van der Waals surface area contributed by atoms with Gasteiger partial charge in [0.05, 0.1) is 23.0 Å². The zero-order chi connectivity index (χ0) is 26.8. The number of benzene rings is 2. The lowest BCUT2D eigenvalue weighted by Crippen LogP contribution is -2.25. The second-order valence-corrected chi connectivity index (χ2v) is 11.4. The summed E-state index contributed by atoms with van der Waals surface area (Å²) in [6, 6.07) is 20.0. The van der Waals surface area contributed by atoms with Gasteiger partial charge in [-0.25, -0.2) is 4.52 Å². The first kappa shape index (κ1) is 25.1. The highest BCUT2D eigenvalue weighted by Gasteiger charge is 2.20. The summed E-state index contributed by atoms with van der Waals surface area (Å²) in [5.74, 6) is 1.24. The summed E-state index contributed by atoms with van der Waals surface area (Å²) in [6.45, 7) is 5.80. The number of hydrogen-bond donors (Lipinski definition) is 1. The van der Waals surface area contributed by atoms with E-state index in [1.807, 2.05) is 55.5 Å². The van der Waals surface area contributed by atoms with E-state index in [1.165, 1.54) is 25.2 Å². The third-order valence-electron chi connectivity index (χ3n) is 6.73. The number of pyridine rings is 1. The molecule has 1 fully saturated rings. The van der Waals surface area contributed by atoms with Gasteiger partial charge in [-0.1, -0.05) is 18.2 Å². The number of nitrogens with zero attached hydrogens (tertiary/aromatic N) is 6. The van der Waals surface area contributed by atoms with Crippen molar-refractivity contribution in [1.82, 2.24) is 28.7 Å². The Morgan fingerprint density at radius 3 is 2.59 bits per heavy atom. The minimum absolute atomic E-state index is 0.186. The van der Waals surface area contributed by atoms with Crippen LogP contribution in [0, 0.1) is 6.92 Å². The Morgan fingerprint density at radius 1 is 1.00 bits per heavy atom. The molecule has 3 aromatic heterocycles. The molecule has 11 heteroatoms. The fourth-order valence-corrected chi connectivity index (χ4v) is 5.92. The van der Waals surface area contributed by atoms with Crippen LogP contribution in [0.4, 0.5) is 11.6 Å². The molecule has 0 saturated carbocycles. The predicted octanol–water partition coefficient (Wildman–Crippen LogP) is 4.36. The third kappa shape index (κ3) is 5.36. The highest BCUT2D eigenvalue weighted by atomic mass is 32.2. The number of anilines is 2. The van der Waals surface area contributed by atoms with Crippen LogP contribution in [0.1, 0.15) is 18.4 Å². The summed E-state index contributed by atoms with van der Waals surface area (Å²) in [6.07, 6.45) is 5.56. The maximum atomic E-state index is 13.1. The number of rotatable bonds is 9. The van der Waals surface area contributed by atoms with E-state index in [9.17, 15) is 8.42 Å². The van der Waals surface area contributed by atoms with Gasteiger partial charge >= 0.3 is 0 Å². The number of fused-ring (bicyclic) bond motifs is 1. The van der Waals surface area contributed by atoms with E-state index in [0.717, 1.165) is 40.7 Å². The molecule has 0 spiro atoms. The van der Waals surface area contributed by atoms with Crippen molar-refractivity contribution in [3.05, 3.63) is 84.7 Å². The lowest BCUT2D eigenvalue weighted by molar-refractivity contribution is 0.238. The molecule has 0 unspecified atom stereocenters. The number of aromatic nitrogens is 5. The van der Waals surface area contributed by atoms with Crippen molar-refractivity contribution >= 4 is 27.3 Å². The van der Waals surface area contributed by atoms with Crippen molar-refractivity contribution in [2.24, 2.45) is 0 Å². The number of nitrogens with one attached hydrogen (secondary N) is 1. The minimum atomic E-state index is -3.82. The monoisotopic (exact) mass is 543 g/mol. The summed E-state index contributed by atoms with van der Waals surface area (Å²) in [7, 11) is -3.82. The number of aryl methyl sites for hydroxylation is 1. The summed E-state index contributed by atoms with van der Waals surface area (Å²) in [5.41, 5.74) is 3.57. The number of likely N-dealkylation sites (tertiary alicyclic amines) is 1. The van der Waals surface area contributed by atoms with Crippen LogP contribution in [-0.2, 0) is 10.0 Å². The molecule has 1 aliphatic heterocycles. The standard InChI is InChI=1S/C28H29N7O3S/c1-21-6-4-7-25(18-21)39(36,37)34-20-22(19-29-34)26-8-5-9-27-31-28(32-35(26)27)30-23-10-12-24(13-11-23)38-17-16-33-14-2-3-15-33/h4-13,18-20H,2-3,14-17H2,1H3,(H,30,32). The van der Waals surface area contributed by atoms with Gasteiger partial charge in [0.1, 0.15) is 12.4 Å². The summed E-state index contributed by atoms with van der Waals surface area (Å²) in [5, 5.41) is 12.0. The van der Waals surface area contributed by atoms with Crippen molar-refractivity contribution < 1.29 is 13.2 Å². The molecule has 0 amide bonds. The molecule has 5 aromatic rings. The van der Waals surface area contributed by atoms with E-state index in [2.05, 4.69) is 25.4 Å². The zero-order valence-corrected chi connectivity index (χ0v) is 22.4. The van der Waals surface area contributed by atoms with Crippen molar-refractivity contribution in [3.8, 4) is 17.0 Å². The van der Waals surface area contributed by atoms with E-state index in [4.69, 9.17) is 4.74 Å². The average molecular weight is 544 g/mol. The SMILES string of the molecule is Cc1cccc(S(=O)(=O)n2cc(-c3cccc4nc(Nc5ccc(OCCN6CCCC6)cc5)nn34)cn2)c1. The van der Waals surface area contributed by atoms with Crippen molar-refractivity contribution in [1.29, 1.82) is 0 Å². The fraction of sp³-hybridized carbons (Fsp3) is 0.250. The Bertz CT molecular complexity index is 1700. The van der Waals surface area contributed by atoms with Crippen molar-refractivity contribution in [3.63, 3.8) is 0 Å². The van der Waals surface area contributed by atoms with E-state index >= 15 is 0 Å². The molecule has 39 heavy (non-hydrogen) atoms. The molecule has 1 N–H and O–H groups in total. The molecule has 200 valence electrons. The first-order valence-electron chi connectivity index (χ1n) is 12.9. The first-order chi connectivity index (χ1) is 19.0. The smallest absolute Gasteiger partial charge is 0.282 e. The van der Waals surface area contributed by atoms with Gasteiger partial charge in [-0.05, 0) is 86.9 Å². The largest absolute Gasteiger partial charge is 0.492 e. The van der Waals surface area contributed by atoms with Gasteiger partial charge in [0.25, 0.3) is 10.0 Å². The predicted molar refractivity (Wildman–Crippen MR) is 149 cm³/mol. The molecule has 1 aliphatic rings. The van der Waals surface area contributed by atoms with Gasteiger partial charge in [0, 0.05) is 17.8 Å². The summed E-state index contributed by atoms with van der Waals surface area (Å²) in [4.78, 5) is 7.19. The van der Waals surface area contributed by atoms with Crippen LogP contribution in [0.5, 0.6) is 5.75 Å². The molecular weight excluding hydrogens is 514 g/mol.